The normalized spacial score (nSPS) is 14.5. The third-order valence-corrected chi connectivity index (χ3v) is 7.70. The van der Waals surface area contributed by atoms with Crippen molar-refractivity contribution in [2.24, 2.45) is 5.14 Å². The topological polar surface area (TPSA) is 115 Å². The molecule has 1 saturated heterocycles. The first-order valence-electron chi connectivity index (χ1n) is 10.9. The SMILES string of the molecule is COc1ccc(Cl)c(Nc2c(C(=O)N3CCC(c4ccc(F)cc4)CC3)cnc(S(N)(=O)=O)c2Cl)c1. The number of nitrogens with one attached hydrogen (secondary N) is 1. The van der Waals surface area contributed by atoms with Crippen molar-refractivity contribution < 1.29 is 22.3 Å². The molecule has 4 rings (SSSR count). The van der Waals surface area contributed by atoms with Crippen molar-refractivity contribution in [2.45, 2.75) is 23.8 Å². The molecule has 0 saturated carbocycles. The Bertz CT molecular complexity index is 1400. The maximum absolute atomic E-state index is 13.5. The molecule has 0 radical (unpaired) electrons. The second-order valence-corrected chi connectivity index (χ2v) is 10.6. The van der Waals surface area contributed by atoms with E-state index in [1.807, 2.05) is 0 Å². The molecule has 1 fully saturated rings. The molecule has 36 heavy (non-hydrogen) atoms. The number of halogens is 3. The van der Waals surface area contributed by atoms with Crippen LogP contribution in [0.4, 0.5) is 15.8 Å². The molecule has 3 aromatic rings. The molecule has 3 N–H and O–H groups in total. The number of hydrogen-bond acceptors (Lipinski definition) is 6. The molecule has 0 bridgehead atoms. The van der Waals surface area contributed by atoms with Gasteiger partial charge in [-0.3, -0.25) is 4.79 Å². The summed E-state index contributed by atoms with van der Waals surface area (Å²) < 4.78 is 42.6. The molecule has 12 heteroatoms. The van der Waals surface area contributed by atoms with Crippen LogP contribution in [-0.4, -0.2) is 44.4 Å². The van der Waals surface area contributed by atoms with Crippen LogP contribution in [0.5, 0.6) is 5.75 Å². The van der Waals surface area contributed by atoms with Gasteiger partial charge in [0, 0.05) is 25.4 Å². The molecule has 1 aliphatic heterocycles. The van der Waals surface area contributed by atoms with Crippen LogP contribution in [0.15, 0.2) is 53.7 Å². The van der Waals surface area contributed by atoms with E-state index in [1.165, 1.54) is 19.2 Å². The number of ether oxygens (including phenoxy) is 1. The lowest BCUT2D eigenvalue weighted by Gasteiger charge is -2.33. The Morgan fingerprint density at radius 3 is 2.44 bits per heavy atom. The summed E-state index contributed by atoms with van der Waals surface area (Å²) in [6.45, 7) is 0.879. The van der Waals surface area contributed by atoms with Crippen LogP contribution in [0, 0.1) is 5.82 Å². The standard InChI is InChI=1S/C24H23Cl2FN4O4S/c1-35-17-6-7-19(25)20(12-17)30-22-18(13-29-23(21(22)26)36(28,33)34)24(32)31-10-8-15(9-11-31)14-2-4-16(27)5-3-14/h2-7,12-13,15H,8-11H2,1H3,(H,29,30)(H2,28,33,34). The smallest absolute Gasteiger partial charge is 0.257 e. The van der Waals surface area contributed by atoms with E-state index in [0.717, 1.165) is 11.8 Å². The molecular formula is C24H23Cl2FN4O4S. The van der Waals surface area contributed by atoms with Crippen molar-refractivity contribution in [3.8, 4) is 5.75 Å². The Hall–Kier alpha value is -2.92. The van der Waals surface area contributed by atoms with Gasteiger partial charge in [-0.15, -0.1) is 0 Å². The van der Waals surface area contributed by atoms with Gasteiger partial charge in [-0.1, -0.05) is 35.3 Å². The van der Waals surface area contributed by atoms with Crippen LogP contribution in [0.3, 0.4) is 0 Å². The number of likely N-dealkylation sites (tertiary alicyclic amines) is 1. The van der Waals surface area contributed by atoms with Gasteiger partial charge in [0.25, 0.3) is 15.9 Å². The lowest BCUT2D eigenvalue weighted by Crippen LogP contribution is -2.38. The Morgan fingerprint density at radius 2 is 1.83 bits per heavy atom. The second kappa shape index (κ2) is 10.6. The van der Waals surface area contributed by atoms with Crippen molar-refractivity contribution in [2.75, 3.05) is 25.5 Å². The summed E-state index contributed by atoms with van der Waals surface area (Å²) in [6.07, 6.45) is 2.49. The second-order valence-electron chi connectivity index (χ2n) is 8.30. The number of primary sulfonamides is 1. The van der Waals surface area contributed by atoms with E-state index in [-0.39, 0.29) is 33.9 Å². The van der Waals surface area contributed by atoms with Gasteiger partial charge in [0.05, 0.1) is 29.1 Å². The van der Waals surface area contributed by atoms with E-state index in [1.54, 1.807) is 35.2 Å². The van der Waals surface area contributed by atoms with Crippen molar-refractivity contribution in [3.63, 3.8) is 0 Å². The highest BCUT2D eigenvalue weighted by Crippen LogP contribution is 2.38. The van der Waals surface area contributed by atoms with E-state index in [2.05, 4.69) is 10.3 Å². The predicted molar refractivity (Wildman–Crippen MR) is 136 cm³/mol. The van der Waals surface area contributed by atoms with E-state index in [9.17, 15) is 17.6 Å². The minimum absolute atomic E-state index is 0.0107. The van der Waals surface area contributed by atoms with Gasteiger partial charge in [-0.25, -0.2) is 22.9 Å². The zero-order valence-electron chi connectivity index (χ0n) is 19.2. The molecular weight excluding hydrogens is 530 g/mol. The molecule has 0 aliphatic carbocycles. The van der Waals surface area contributed by atoms with Gasteiger partial charge in [0.2, 0.25) is 0 Å². The van der Waals surface area contributed by atoms with Crippen LogP contribution in [-0.2, 0) is 10.0 Å². The highest BCUT2D eigenvalue weighted by molar-refractivity contribution is 7.89. The first-order chi connectivity index (χ1) is 17.1. The van der Waals surface area contributed by atoms with Gasteiger partial charge in [-0.2, -0.15) is 0 Å². The predicted octanol–water partition coefficient (Wildman–Crippen LogP) is 4.95. The lowest BCUT2D eigenvalue weighted by molar-refractivity contribution is 0.0713. The van der Waals surface area contributed by atoms with Gasteiger partial charge in [0.1, 0.15) is 16.6 Å². The summed E-state index contributed by atoms with van der Waals surface area (Å²) in [5.74, 6) is -0.0110. The molecule has 0 atom stereocenters. The number of amides is 1. The van der Waals surface area contributed by atoms with Crippen molar-refractivity contribution in [1.82, 2.24) is 9.88 Å². The Balaban J connectivity index is 1.65. The fraction of sp³-hybridized carbons (Fsp3) is 0.250. The average Bonchev–Trinajstić information content (AvgIpc) is 2.86. The molecule has 0 unspecified atom stereocenters. The summed E-state index contributed by atoms with van der Waals surface area (Å²) in [6, 6.07) is 11.2. The van der Waals surface area contributed by atoms with E-state index < -0.39 is 15.0 Å². The molecule has 0 spiro atoms. The number of carbonyl (C=O) groups is 1. The number of methoxy groups -OCH3 is 1. The summed E-state index contributed by atoms with van der Waals surface area (Å²) >= 11 is 12.7. The van der Waals surface area contributed by atoms with Crippen LogP contribution in [0.25, 0.3) is 0 Å². The van der Waals surface area contributed by atoms with Gasteiger partial charge in [0.15, 0.2) is 5.03 Å². The number of piperidine rings is 1. The number of nitrogens with zero attached hydrogens (tertiary/aromatic N) is 2. The number of hydrogen-bond donors (Lipinski definition) is 2. The fourth-order valence-corrected chi connectivity index (χ4v) is 5.37. The molecule has 2 aromatic carbocycles. The minimum atomic E-state index is -4.27. The third-order valence-electron chi connectivity index (χ3n) is 6.04. The summed E-state index contributed by atoms with van der Waals surface area (Å²) in [5, 5.41) is 7.64. The maximum Gasteiger partial charge on any atom is 0.257 e. The molecule has 1 aliphatic rings. The maximum atomic E-state index is 13.5. The summed E-state index contributed by atoms with van der Waals surface area (Å²) in [4.78, 5) is 19.0. The van der Waals surface area contributed by atoms with E-state index >= 15 is 0 Å². The molecule has 2 heterocycles. The fourth-order valence-electron chi connectivity index (χ4n) is 4.14. The number of aromatic nitrogens is 1. The van der Waals surface area contributed by atoms with Crippen LogP contribution in [0.2, 0.25) is 10.0 Å². The largest absolute Gasteiger partial charge is 0.497 e. The van der Waals surface area contributed by atoms with Crippen LogP contribution < -0.4 is 15.2 Å². The third kappa shape index (κ3) is 5.57. The van der Waals surface area contributed by atoms with E-state index in [0.29, 0.717) is 42.4 Å². The number of carbonyl (C=O) groups excluding carboxylic acids is 1. The summed E-state index contributed by atoms with van der Waals surface area (Å²) in [5.41, 5.74) is 1.43. The average molecular weight is 553 g/mol. The van der Waals surface area contributed by atoms with Crippen LogP contribution >= 0.6 is 23.2 Å². The highest BCUT2D eigenvalue weighted by atomic mass is 35.5. The zero-order valence-corrected chi connectivity index (χ0v) is 21.5. The van der Waals surface area contributed by atoms with Crippen LogP contribution in [0.1, 0.15) is 34.7 Å². The molecule has 1 aromatic heterocycles. The first kappa shape index (κ1) is 26.2. The Morgan fingerprint density at radius 1 is 1.17 bits per heavy atom. The molecule has 8 nitrogen and oxygen atoms in total. The zero-order chi connectivity index (χ0) is 26.0. The number of pyridine rings is 1. The van der Waals surface area contributed by atoms with Gasteiger partial charge >= 0.3 is 0 Å². The quantitative estimate of drug-likeness (QED) is 0.447. The number of sulfonamides is 1. The Labute approximate surface area is 218 Å². The summed E-state index contributed by atoms with van der Waals surface area (Å²) in [7, 11) is -2.79. The van der Waals surface area contributed by atoms with Crippen molar-refractivity contribution >= 4 is 50.5 Å². The monoisotopic (exact) mass is 552 g/mol. The highest BCUT2D eigenvalue weighted by Gasteiger charge is 2.29. The van der Waals surface area contributed by atoms with Crippen molar-refractivity contribution in [3.05, 3.63) is 75.7 Å². The first-order valence-corrected chi connectivity index (χ1v) is 13.2. The number of anilines is 2. The number of benzene rings is 2. The molecule has 1 amide bonds. The Kier molecular flexibility index (Phi) is 7.70. The minimum Gasteiger partial charge on any atom is -0.497 e. The van der Waals surface area contributed by atoms with Gasteiger partial charge in [-0.05, 0) is 48.6 Å². The number of rotatable bonds is 6. The lowest BCUT2D eigenvalue weighted by atomic mass is 9.89. The van der Waals surface area contributed by atoms with Crippen molar-refractivity contribution in [1.29, 1.82) is 0 Å². The van der Waals surface area contributed by atoms with Gasteiger partial charge < -0.3 is 15.0 Å². The van der Waals surface area contributed by atoms with E-state index in [4.69, 9.17) is 33.1 Å². The number of nitrogens with two attached hydrogens (primary N) is 1. The molecule has 190 valence electrons.